The van der Waals surface area contributed by atoms with Gasteiger partial charge >= 0.3 is 0 Å². The van der Waals surface area contributed by atoms with E-state index in [9.17, 15) is 0 Å². The van der Waals surface area contributed by atoms with Crippen molar-refractivity contribution in [2.75, 3.05) is 13.1 Å². The van der Waals surface area contributed by atoms with Crippen molar-refractivity contribution in [3.63, 3.8) is 0 Å². The quantitative estimate of drug-likeness (QED) is 0.823. The second kappa shape index (κ2) is 4.07. The van der Waals surface area contributed by atoms with E-state index in [1.54, 1.807) is 0 Å². The third-order valence-electron chi connectivity index (χ3n) is 3.24. The minimum atomic E-state index is 0.531. The van der Waals surface area contributed by atoms with E-state index in [1.165, 1.54) is 0 Å². The smallest absolute Gasteiger partial charge is 0.155 e. The number of pyridine rings is 1. The lowest BCUT2D eigenvalue weighted by Gasteiger charge is -2.21. The van der Waals surface area contributed by atoms with Gasteiger partial charge in [0, 0.05) is 12.1 Å². The second-order valence-corrected chi connectivity index (χ2v) is 4.60. The first-order valence-electron chi connectivity index (χ1n) is 5.69. The van der Waals surface area contributed by atoms with Crippen LogP contribution in [-0.2, 0) is 0 Å². The van der Waals surface area contributed by atoms with Gasteiger partial charge in [0.1, 0.15) is 5.82 Å². The second-order valence-electron chi connectivity index (χ2n) is 4.24. The summed E-state index contributed by atoms with van der Waals surface area (Å²) < 4.78 is 2.12. The lowest BCUT2D eigenvalue weighted by molar-refractivity contribution is 0.444. The highest BCUT2D eigenvalue weighted by Gasteiger charge is 2.20. The minimum Gasteiger partial charge on any atom is -0.317 e. The lowest BCUT2D eigenvalue weighted by Crippen LogP contribution is -2.27. The minimum absolute atomic E-state index is 0.531. The maximum atomic E-state index is 6.15. The van der Waals surface area contributed by atoms with Gasteiger partial charge < -0.3 is 9.72 Å². The number of halogens is 1. The summed E-state index contributed by atoms with van der Waals surface area (Å²) in [5, 5.41) is 3.99. The average Bonchev–Trinajstić information content (AvgIpc) is 2.69. The molecule has 1 saturated heterocycles. The first-order chi connectivity index (χ1) is 7.86. The zero-order chi connectivity index (χ0) is 11.0. The summed E-state index contributed by atoms with van der Waals surface area (Å²) in [4.78, 5) is 4.51. The van der Waals surface area contributed by atoms with Gasteiger partial charge in [-0.3, -0.25) is 0 Å². The van der Waals surface area contributed by atoms with Gasteiger partial charge in [-0.1, -0.05) is 17.7 Å². The Kier molecular flexibility index (Phi) is 2.58. The van der Waals surface area contributed by atoms with E-state index in [1.807, 2.05) is 24.4 Å². The van der Waals surface area contributed by atoms with E-state index >= 15 is 0 Å². The molecule has 1 N–H and O–H groups in total. The standard InChI is InChI=1S/C12H14ClN3/c13-11-10-3-1-2-8-16(10)12(15-11)9-4-6-14-7-5-9/h1-3,8-9,14H,4-7H2. The fraction of sp³-hybridized carbons (Fsp3) is 0.417. The Morgan fingerprint density at radius 1 is 1.31 bits per heavy atom. The van der Waals surface area contributed by atoms with Crippen molar-refractivity contribution in [1.29, 1.82) is 0 Å². The van der Waals surface area contributed by atoms with Crippen LogP contribution in [0.1, 0.15) is 24.6 Å². The summed E-state index contributed by atoms with van der Waals surface area (Å²) in [5.74, 6) is 1.64. The first-order valence-corrected chi connectivity index (χ1v) is 6.07. The lowest BCUT2D eigenvalue weighted by atomic mass is 9.97. The van der Waals surface area contributed by atoms with E-state index < -0.39 is 0 Å². The van der Waals surface area contributed by atoms with Crippen LogP contribution in [0.3, 0.4) is 0 Å². The number of nitrogens with zero attached hydrogens (tertiary/aromatic N) is 2. The van der Waals surface area contributed by atoms with Gasteiger partial charge in [-0.15, -0.1) is 0 Å². The van der Waals surface area contributed by atoms with Gasteiger partial charge in [0.15, 0.2) is 5.15 Å². The molecule has 3 nitrogen and oxygen atoms in total. The maximum Gasteiger partial charge on any atom is 0.155 e. The SMILES string of the molecule is Clc1nc(C2CCNCC2)n2ccccc12. The Balaban J connectivity index is 2.08. The molecule has 2 aromatic heterocycles. The molecule has 0 aromatic carbocycles. The van der Waals surface area contributed by atoms with Crippen molar-refractivity contribution in [1.82, 2.24) is 14.7 Å². The fourth-order valence-electron chi connectivity index (χ4n) is 2.39. The predicted octanol–water partition coefficient (Wildman–Crippen LogP) is 2.45. The molecule has 3 heterocycles. The number of hydrogen-bond donors (Lipinski definition) is 1. The van der Waals surface area contributed by atoms with Crippen molar-refractivity contribution in [2.45, 2.75) is 18.8 Å². The van der Waals surface area contributed by atoms with Gasteiger partial charge in [0.05, 0.1) is 5.52 Å². The molecule has 2 aromatic rings. The molecular weight excluding hydrogens is 222 g/mol. The first kappa shape index (κ1) is 10.1. The van der Waals surface area contributed by atoms with Gasteiger partial charge in [-0.25, -0.2) is 4.98 Å². The third-order valence-corrected chi connectivity index (χ3v) is 3.51. The van der Waals surface area contributed by atoms with Gasteiger partial charge in [-0.05, 0) is 38.1 Å². The predicted molar refractivity (Wildman–Crippen MR) is 65.0 cm³/mol. The summed E-state index contributed by atoms with van der Waals surface area (Å²) in [6, 6.07) is 6.03. The van der Waals surface area contributed by atoms with Crippen LogP contribution in [0, 0.1) is 0 Å². The molecule has 3 rings (SSSR count). The molecule has 0 unspecified atom stereocenters. The molecule has 0 spiro atoms. The monoisotopic (exact) mass is 235 g/mol. The van der Waals surface area contributed by atoms with Crippen LogP contribution in [0.4, 0.5) is 0 Å². The summed E-state index contributed by atoms with van der Waals surface area (Å²) in [5.41, 5.74) is 1.01. The van der Waals surface area contributed by atoms with E-state index in [-0.39, 0.29) is 0 Å². The zero-order valence-corrected chi connectivity index (χ0v) is 9.74. The van der Waals surface area contributed by atoms with Crippen LogP contribution in [0.2, 0.25) is 5.15 Å². The highest BCUT2D eigenvalue weighted by Crippen LogP contribution is 2.28. The Morgan fingerprint density at radius 2 is 2.12 bits per heavy atom. The average molecular weight is 236 g/mol. The molecule has 84 valence electrons. The topological polar surface area (TPSA) is 29.3 Å². The van der Waals surface area contributed by atoms with Crippen molar-refractivity contribution >= 4 is 17.1 Å². The summed E-state index contributed by atoms with van der Waals surface area (Å²) >= 11 is 6.15. The maximum absolute atomic E-state index is 6.15. The van der Waals surface area contributed by atoms with Gasteiger partial charge in [0.25, 0.3) is 0 Å². The summed E-state index contributed by atoms with van der Waals surface area (Å²) in [6.45, 7) is 2.15. The highest BCUT2D eigenvalue weighted by atomic mass is 35.5. The third kappa shape index (κ3) is 1.60. The van der Waals surface area contributed by atoms with Crippen LogP contribution >= 0.6 is 11.6 Å². The molecule has 16 heavy (non-hydrogen) atoms. The molecule has 0 bridgehead atoms. The number of fused-ring (bicyclic) bond motifs is 1. The van der Waals surface area contributed by atoms with E-state index in [0.29, 0.717) is 11.1 Å². The number of rotatable bonds is 1. The van der Waals surface area contributed by atoms with E-state index in [0.717, 1.165) is 37.3 Å². The Hall–Kier alpha value is -1.06. The fourth-order valence-corrected chi connectivity index (χ4v) is 2.63. The molecule has 0 atom stereocenters. The van der Waals surface area contributed by atoms with Crippen LogP contribution in [0.5, 0.6) is 0 Å². The van der Waals surface area contributed by atoms with Crippen LogP contribution in [0.25, 0.3) is 5.52 Å². The normalized spacial score (nSPS) is 18.1. The number of piperidine rings is 1. The summed E-state index contributed by atoms with van der Waals surface area (Å²) in [7, 11) is 0. The zero-order valence-electron chi connectivity index (χ0n) is 8.99. The van der Waals surface area contributed by atoms with Crippen molar-refractivity contribution in [3.8, 4) is 0 Å². The van der Waals surface area contributed by atoms with Crippen LogP contribution in [0.15, 0.2) is 24.4 Å². The highest BCUT2D eigenvalue weighted by molar-refractivity contribution is 6.32. The Bertz CT molecular complexity index is 500. The molecule has 0 radical (unpaired) electrons. The van der Waals surface area contributed by atoms with Gasteiger partial charge in [0.2, 0.25) is 0 Å². The van der Waals surface area contributed by atoms with E-state index in [2.05, 4.69) is 14.7 Å². The van der Waals surface area contributed by atoms with Crippen LogP contribution in [-0.4, -0.2) is 22.5 Å². The van der Waals surface area contributed by atoms with Crippen molar-refractivity contribution in [2.24, 2.45) is 0 Å². The molecule has 1 aliphatic heterocycles. The van der Waals surface area contributed by atoms with Crippen molar-refractivity contribution in [3.05, 3.63) is 35.4 Å². The molecule has 1 aliphatic rings. The number of imidazole rings is 1. The molecule has 4 heteroatoms. The summed E-state index contributed by atoms with van der Waals surface area (Å²) in [6.07, 6.45) is 4.33. The largest absolute Gasteiger partial charge is 0.317 e. The van der Waals surface area contributed by atoms with Gasteiger partial charge in [-0.2, -0.15) is 0 Å². The van der Waals surface area contributed by atoms with Crippen LogP contribution < -0.4 is 5.32 Å². The molecule has 1 fully saturated rings. The Labute approximate surface area is 99.4 Å². The molecule has 0 saturated carbocycles. The molecular formula is C12H14ClN3. The number of nitrogens with one attached hydrogen (secondary N) is 1. The Morgan fingerprint density at radius 3 is 2.94 bits per heavy atom. The van der Waals surface area contributed by atoms with Crippen molar-refractivity contribution < 1.29 is 0 Å². The molecule has 0 aliphatic carbocycles. The van der Waals surface area contributed by atoms with E-state index in [4.69, 9.17) is 11.6 Å². The molecule has 0 amide bonds. The number of aromatic nitrogens is 2. The number of hydrogen-bond acceptors (Lipinski definition) is 2.